The van der Waals surface area contributed by atoms with Gasteiger partial charge in [0.05, 0.1) is 0 Å². The molecular formula is C13H28N2. The molecule has 2 atom stereocenters. The Morgan fingerprint density at radius 3 is 2.47 bits per heavy atom. The first-order chi connectivity index (χ1) is 7.19. The zero-order chi connectivity index (χ0) is 11.3. The predicted molar refractivity (Wildman–Crippen MR) is 67.2 cm³/mol. The highest BCUT2D eigenvalue weighted by Crippen LogP contribution is 2.16. The highest BCUT2D eigenvalue weighted by molar-refractivity contribution is 4.81. The molecule has 1 rings (SSSR count). The standard InChI is InChI=1S/C13H28N2/c1-5-13(11(3)4)15(6-2)10-12-8-7-9-14-12/h11-14H,5-10H2,1-4H3. The lowest BCUT2D eigenvalue weighted by Crippen LogP contribution is -2.45. The molecule has 0 amide bonds. The number of likely N-dealkylation sites (N-methyl/N-ethyl adjacent to an activating group) is 1. The van der Waals surface area contributed by atoms with Crippen LogP contribution in [0.4, 0.5) is 0 Å². The van der Waals surface area contributed by atoms with Crippen LogP contribution < -0.4 is 5.32 Å². The smallest absolute Gasteiger partial charge is 0.0195 e. The van der Waals surface area contributed by atoms with Crippen molar-refractivity contribution in [3.63, 3.8) is 0 Å². The van der Waals surface area contributed by atoms with Crippen LogP contribution in [0.3, 0.4) is 0 Å². The van der Waals surface area contributed by atoms with Crippen molar-refractivity contribution in [2.45, 2.75) is 59.0 Å². The molecule has 2 nitrogen and oxygen atoms in total. The van der Waals surface area contributed by atoms with E-state index in [1.54, 1.807) is 0 Å². The van der Waals surface area contributed by atoms with E-state index in [0.717, 1.165) is 18.0 Å². The summed E-state index contributed by atoms with van der Waals surface area (Å²) in [6, 6.07) is 1.51. The Morgan fingerprint density at radius 1 is 1.33 bits per heavy atom. The number of rotatable bonds is 6. The Morgan fingerprint density at radius 2 is 2.07 bits per heavy atom. The molecule has 0 aromatic carbocycles. The van der Waals surface area contributed by atoms with Crippen LogP contribution in [0.25, 0.3) is 0 Å². The predicted octanol–water partition coefficient (Wildman–Crippen LogP) is 2.49. The van der Waals surface area contributed by atoms with Gasteiger partial charge < -0.3 is 5.32 Å². The number of nitrogens with one attached hydrogen (secondary N) is 1. The van der Waals surface area contributed by atoms with Crippen molar-refractivity contribution < 1.29 is 0 Å². The highest BCUT2D eigenvalue weighted by Gasteiger charge is 2.23. The lowest BCUT2D eigenvalue weighted by atomic mass is 9.99. The summed E-state index contributed by atoms with van der Waals surface area (Å²) in [6.07, 6.45) is 4.00. The highest BCUT2D eigenvalue weighted by atomic mass is 15.2. The van der Waals surface area contributed by atoms with Crippen LogP contribution in [0.15, 0.2) is 0 Å². The third-order valence-electron chi connectivity index (χ3n) is 3.68. The van der Waals surface area contributed by atoms with Gasteiger partial charge in [0, 0.05) is 18.6 Å². The maximum atomic E-state index is 3.60. The Balaban J connectivity index is 2.44. The normalized spacial score (nSPS) is 24.0. The Kier molecular flexibility index (Phi) is 5.62. The fourth-order valence-electron chi connectivity index (χ4n) is 2.85. The monoisotopic (exact) mass is 212 g/mol. The SMILES string of the molecule is CCC(C(C)C)N(CC)CC1CCCN1. The van der Waals surface area contributed by atoms with Crippen molar-refractivity contribution in [1.29, 1.82) is 0 Å². The van der Waals surface area contributed by atoms with Gasteiger partial charge in [0.1, 0.15) is 0 Å². The summed E-state index contributed by atoms with van der Waals surface area (Å²) in [5, 5.41) is 3.60. The molecule has 0 saturated carbocycles. The largest absolute Gasteiger partial charge is 0.313 e. The van der Waals surface area contributed by atoms with Crippen LogP contribution in [-0.4, -0.2) is 36.6 Å². The summed E-state index contributed by atoms with van der Waals surface area (Å²) in [5.74, 6) is 0.774. The molecule has 1 aliphatic rings. The average Bonchev–Trinajstić information content (AvgIpc) is 2.69. The van der Waals surface area contributed by atoms with Gasteiger partial charge >= 0.3 is 0 Å². The molecule has 0 aromatic heterocycles. The van der Waals surface area contributed by atoms with Gasteiger partial charge in [0.25, 0.3) is 0 Å². The van der Waals surface area contributed by atoms with E-state index in [1.807, 2.05) is 0 Å². The lowest BCUT2D eigenvalue weighted by molar-refractivity contribution is 0.145. The first-order valence-corrected chi connectivity index (χ1v) is 6.66. The molecule has 1 fully saturated rings. The first-order valence-electron chi connectivity index (χ1n) is 6.66. The van der Waals surface area contributed by atoms with E-state index in [-0.39, 0.29) is 0 Å². The Labute approximate surface area is 95.4 Å². The van der Waals surface area contributed by atoms with Crippen molar-refractivity contribution in [3.05, 3.63) is 0 Å². The topological polar surface area (TPSA) is 15.3 Å². The maximum Gasteiger partial charge on any atom is 0.0195 e. The van der Waals surface area contributed by atoms with Gasteiger partial charge in [-0.1, -0.05) is 27.7 Å². The molecule has 2 heteroatoms. The zero-order valence-corrected chi connectivity index (χ0v) is 10.9. The summed E-state index contributed by atoms with van der Waals surface area (Å²) < 4.78 is 0. The van der Waals surface area contributed by atoms with Gasteiger partial charge in [-0.2, -0.15) is 0 Å². The van der Waals surface area contributed by atoms with Crippen LogP contribution in [0.1, 0.15) is 47.0 Å². The fraction of sp³-hybridized carbons (Fsp3) is 1.00. The average molecular weight is 212 g/mol. The number of hydrogen-bond donors (Lipinski definition) is 1. The Hall–Kier alpha value is -0.0800. The minimum Gasteiger partial charge on any atom is -0.313 e. The fourth-order valence-corrected chi connectivity index (χ4v) is 2.85. The van der Waals surface area contributed by atoms with Crippen LogP contribution in [0, 0.1) is 5.92 Å². The van der Waals surface area contributed by atoms with Crippen molar-refractivity contribution in [2.24, 2.45) is 5.92 Å². The van der Waals surface area contributed by atoms with Crippen molar-refractivity contribution in [3.8, 4) is 0 Å². The molecule has 0 spiro atoms. The number of hydrogen-bond acceptors (Lipinski definition) is 2. The number of nitrogens with zero attached hydrogens (tertiary/aromatic N) is 1. The van der Waals surface area contributed by atoms with E-state index in [1.165, 1.54) is 38.9 Å². The molecule has 1 heterocycles. The summed E-state index contributed by atoms with van der Waals surface area (Å²) >= 11 is 0. The van der Waals surface area contributed by atoms with Crippen molar-refractivity contribution >= 4 is 0 Å². The molecule has 0 radical (unpaired) electrons. The van der Waals surface area contributed by atoms with E-state index in [0.29, 0.717) is 0 Å². The van der Waals surface area contributed by atoms with E-state index >= 15 is 0 Å². The van der Waals surface area contributed by atoms with Crippen LogP contribution in [0.5, 0.6) is 0 Å². The van der Waals surface area contributed by atoms with Gasteiger partial charge in [-0.25, -0.2) is 0 Å². The minimum atomic E-state index is 0.748. The molecule has 0 aliphatic carbocycles. The first kappa shape index (κ1) is 13.0. The molecule has 0 aromatic rings. The third-order valence-corrected chi connectivity index (χ3v) is 3.68. The molecular weight excluding hydrogens is 184 g/mol. The van der Waals surface area contributed by atoms with Crippen LogP contribution in [-0.2, 0) is 0 Å². The Bertz CT molecular complexity index is 162. The molecule has 1 N–H and O–H groups in total. The second kappa shape index (κ2) is 6.49. The molecule has 90 valence electrons. The molecule has 1 saturated heterocycles. The lowest BCUT2D eigenvalue weighted by Gasteiger charge is -2.34. The zero-order valence-electron chi connectivity index (χ0n) is 10.9. The summed E-state index contributed by atoms with van der Waals surface area (Å²) in [7, 11) is 0. The summed E-state index contributed by atoms with van der Waals surface area (Å²) in [6.45, 7) is 13.0. The quantitative estimate of drug-likeness (QED) is 0.728. The molecule has 1 aliphatic heterocycles. The van der Waals surface area contributed by atoms with Crippen molar-refractivity contribution in [1.82, 2.24) is 10.2 Å². The van der Waals surface area contributed by atoms with Crippen LogP contribution in [0.2, 0.25) is 0 Å². The van der Waals surface area contributed by atoms with Gasteiger partial charge in [-0.15, -0.1) is 0 Å². The van der Waals surface area contributed by atoms with E-state index in [2.05, 4.69) is 37.9 Å². The van der Waals surface area contributed by atoms with E-state index < -0.39 is 0 Å². The molecule has 2 unspecified atom stereocenters. The van der Waals surface area contributed by atoms with E-state index in [4.69, 9.17) is 0 Å². The maximum absolute atomic E-state index is 3.60. The summed E-state index contributed by atoms with van der Waals surface area (Å²) in [5.41, 5.74) is 0. The van der Waals surface area contributed by atoms with Crippen molar-refractivity contribution in [2.75, 3.05) is 19.6 Å². The van der Waals surface area contributed by atoms with Crippen LogP contribution >= 0.6 is 0 Å². The molecule has 0 bridgehead atoms. The van der Waals surface area contributed by atoms with E-state index in [9.17, 15) is 0 Å². The molecule has 15 heavy (non-hydrogen) atoms. The van der Waals surface area contributed by atoms with Gasteiger partial charge in [0.15, 0.2) is 0 Å². The summed E-state index contributed by atoms with van der Waals surface area (Å²) in [4.78, 5) is 2.66. The van der Waals surface area contributed by atoms with Gasteiger partial charge in [-0.3, -0.25) is 4.90 Å². The second-order valence-electron chi connectivity index (χ2n) is 5.10. The third kappa shape index (κ3) is 3.76. The van der Waals surface area contributed by atoms with Gasteiger partial charge in [0.2, 0.25) is 0 Å². The minimum absolute atomic E-state index is 0.748. The van der Waals surface area contributed by atoms with Gasteiger partial charge in [-0.05, 0) is 38.3 Å². The second-order valence-corrected chi connectivity index (χ2v) is 5.10.